The van der Waals surface area contributed by atoms with Gasteiger partial charge < -0.3 is 9.47 Å². The standard InChI is InChI=1S/C15H20N2O4S/c18-22(19,14-3-4-14)17-10-15(11-17)8-12(5-7-20-15)21-13-2-1-6-16-9-13/h1-2,6,9,12,14H,3-5,7-8,10-11H2/t12-/m1/s1. The second-order valence-corrected chi connectivity index (χ2v) is 8.68. The van der Waals surface area contributed by atoms with Crippen LogP contribution in [0, 0.1) is 0 Å². The number of pyridine rings is 1. The van der Waals surface area contributed by atoms with E-state index in [4.69, 9.17) is 9.47 Å². The quantitative estimate of drug-likeness (QED) is 0.832. The Kier molecular flexibility index (Phi) is 3.39. The van der Waals surface area contributed by atoms with Crippen molar-refractivity contribution in [3.05, 3.63) is 24.5 Å². The van der Waals surface area contributed by atoms with Crippen LogP contribution in [-0.4, -0.2) is 54.4 Å². The van der Waals surface area contributed by atoms with Gasteiger partial charge in [0, 0.05) is 32.1 Å². The smallest absolute Gasteiger partial charge is 0.217 e. The molecule has 2 aliphatic heterocycles. The van der Waals surface area contributed by atoms with Gasteiger partial charge in [0.1, 0.15) is 11.9 Å². The number of ether oxygens (including phenoxy) is 2. The van der Waals surface area contributed by atoms with Crippen molar-refractivity contribution in [2.75, 3.05) is 19.7 Å². The molecule has 4 rings (SSSR count). The Balaban J connectivity index is 1.38. The molecule has 1 aromatic rings. The molecule has 0 N–H and O–H groups in total. The van der Waals surface area contributed by atoms with E-state index in [1.807, 2.05) is 12.1 Å². The molecule has 6 nitrogen and oxygen atoms in total. The van der Waals surface area contributed by atoms with Crippen LogP contribution in [0.3, 0.4) is 0 Å². The number of sulfonamides is 1. The number of aromatic nitrogens is 1. The van der Waals surface area contributed by atoms with Crippen LogP contribution in [0.1, 0.15) is 25.7 Å². The number of hydrogen-bond acceptors (Lipinski definition) is 5. The van der Waals surface area contributed by atoms with E-state index in [0.717, 1.165) is 31.4 Å². The minimum atomic E-state index is -3.08. The normalized spacial score (nSPS) is 28.3. The minimum Gasteiger partial charge on any atom is -0.489 e. The largest absolute Gasteiger partial charge is 0.489 e. The molecule has 0 amide bonds. The van der Waals surface area contributed by atoms with Crippen LogP contribution < -0.4 is 4.74 Å². The lowest BCUT2D eigenvalue weighted by Gasteiger charge is -2.52. The molecule has 1 saturated carbocycles. The van der Waals surface area contributed by atoms with Gasteiger partial charge in [-0.05, 0) is 25.0 Å². The molecule has 1 aliphatic carbocycles. The maximum absolute atomic E-state index is 12.2. The van der Waals surface area contributed by atoms with Crippen molar-refractivity contribution in [1.29, 1.82) is 0 Å². The molecular weight excluding hydrogens is 304 g/mol. The van der Waals surface area contributed by atoms with Crippen molar-refractivity contribution in [1.82, 2.24) is 9.29 Å². The summed E-state index contributed by atoms with van der Waals surface area (Å²) in [6.07, 6.45) is 6.64. The van der Waals surface area contributed by atoms with Crippen LogP contribution in [-0.2, 0) is 14.8 Å². The lowest BCUT2D eigenvalue weighted by atomic mass is 9.86. The lowest BCUT2D eigenvalue weighted by molar-refractivity contribution is -0.164. The summed E-state index contributed by atoms with van der Waals surface area (Å²) >= 11 is 0. The molecule has 1 aromatic heterocycles. The van der Waals surface area contributed by atoms with Gasteiger partial charge >= 0.3 is 0 Å². The maximum atomic E-state index is 12.2. The number of rotatable bonds is 4. The maximum Gasteiger partial charge on any atom is 0.217 e. The van der Waals surface area contributed by atoms with Gasteiger partial charge in [0.05, 0.1) is 23.7 Å². The van der Waals surface area contributed by atoms with E-state index in [9.17, 15) is 8.42 Å². The molecule has 3 fully saturated rings. The third-order valence-electron chi connectivity index (χ3n) is 4.62. The van der Waals surface area contributed by atoms with Crippen LogP contribution in [0.25, 0.3) is 0 Å². The van der Waals surface area contributed by atoms with Crippen LogP contribution in [0.4, 0.5) is 0 Å². The molecule has 3 heterocycles. The summed E-state index contributed by atoms with van der Waals surface area (Å²) in [5.74, 6) is 0.756. The van der Waals surface area contributed by atoms with Gasteiger partial charge in [-0.25, -0.2) is 8.42 Å². The summed E-state index contributed by atoms with van der Waals surface area (Å²) in [5, 5.41) is -0.143. The van der Waals surface area contributed by atoms with E-state index in [1.165, 1.54) is 0 Å². The van der Waals surface area contributed by atoms with Gasteiger partial charge in [-0.3, -0.25) is 4.98 Å². The van der Waals surface area contributed by atoms with Crippen molar-refractivity contribution in [3.63, 3.8) is 0 Å². The first-order valence-electron chi connectivity index (χ1n) is 7.77. The van der Waals surface area contributed by atoms with E-state index in [0.29, 0.717) is 19.7 Å². The first kappa shape index (κ1) is 14.4. The van der Waals surface area contributed by atoms with Gasteiger partial charge in [-0.15, -0.1) is 0 Å². The summed E-state index contributed by atoms with van der Waals surface area (Å²) in [4.78, 5) is 4.05. The molecule has 3 aliphatic rings. The van der Waals surface area contributed by atoms with E-state index >= 15 is 0 Å². The topological polar surface area (TPSA) is 68.7 Å². The summed E-state index contributed by atoms with van der Waals surface area (Å²) in [6, 6.07) is 3.73. The fourth-order valence-electron chi connectivity index (χ4n) is 3.27. The highest BCUT2D eigenvalue weighted by Crippen LogP contribution is 2.41. The van der Waals surface area contributed by atoms with E-state index in [2.05, 4.69) is 4.98 Å². The molecule has 0 bridgehead atoms. The molecule has 1 atom stereocenters. The third kappa shape index (κ3) is 2.61. The van der Waals surface area contributed by atoms with Gasteiger partial charge in [-0.1, -0.05) is 0 Å². The van der Waals surface area contributed by atoms with E-state index < -0.39 is 10.0 Å². The Labute approximate surface area is 130 Å². The zero-order valence-electron chi connectivity index (χ0n) is 12.3. The average Bonchev–Trinajstić information content (AvgIpc) is 3.31. The Morgan fingerprint density at radius 1 is 1.32 bits per heavy atom. The van der Waals surface area contributed by atoms with E-state index in [1.54, 1.807) is 16.7 Å². The highest BCUT2D eigenvalue weighted by atomic mass is 32.2. The molecule has 120 valence electrons. The van der Waals surface area contributed by atoms with Crippen molar-refractivity contribution in [3.8, 4) is 5.75 Å². The second-order valence-electron chi connectivity index (χ2n) is 6.47. The zero-order valence-corrected chi connectivity index (χ0v) is 13.2. The highest BCUT2D eigenvalue weighted by molar-refractivity contribution is 7.90. The fraction of sp³-hybridized carbons (Fsp3) is 0.667. The van der Waals surface area contributed by atoms with Crippen molar-refractivity contribution < 1.29 is 17.9 Å². The molecule has 22 heavy (non-hydrogen) atoms. The summed E-state index contributed by atoms with van der Waals surface area (Å²) < 4.78 is 37.8. The first-order valence-corrected chi connectivity index (χ1v) is 9.27. The highest BCUT2D eigenvalue weighted by Gasteiger charge is 2.55. The zero-order chi connectivity index (χ0) is 15.2. The van der Waals surface area contributed by atoms with Crippen LogP contribution in [0.5, 0.6) is 5.75 Å². The van der Waals surface area contributed by atoms with E-state index in [-0.39, 0.29) is 17.0 Å². The van der Waals surface area contributed by atoms with Crippen LogP contribution in [0.2, 0.25) is 0 Å². The second kappa shape index (κ2) is 5.18. The third-order valence-corrected chi connectivity index (χ3v) is 6.91. The molecule has 7 heteroatoms. The molecule has 0 aromatic carbocycles. The molecule has 1 spiro atoms. The predicted octanol–water partition coefficient (Wildman–Crippen LogP) is 1.19. The molecular formula is C15H20N2O4S. The van der Waals surface area contributed by atoms with Gasteiger partial charge in [0.2, 0.25) is 10.0 Å². The Morgan fingerprint density at radius 2 is 2.14 bits per heavy atom. The average molecular weight is 324 g/mol. The Hall–Kier alpha value is -1.18. The minimum absolute atomic E-state index is 0.0590. The molecule has 0 unspecified atom stereocenters. The Bertz CT molecular complexity index is 639. The monoisotopic (exact) mass is 324 g/mol. The lowest BCUT2D eigenvalue weighted by Crippen LogP contribution is -2.67. The number of hydrogen-bond donors (Lipinski definition) is 0. The van der Waals surface area contributed by atoms with Gasteiger partial charge in [-0.2, -0.15) is 4.31 Å². The summed E-state index contributed by atoms with van der Waals surface area (Å²) in [6.45, 7) is 1.56. The van der Waals surface area contributed by atoms with Gasteiger partial charge in [0.25, 0.3) is 0 Å². The number of nitrogens with zero attached hydrogens (tertiary/aromatic N) is 2. The van der Waals surface area contributed by atoms with Gasteiger partial charge in [0.15, 0.2) is 0 Å². The Morgan fingerprint density at radius 3 is 2.82 bits per heavy atom. The van der Waals surface area contributed by atoms with Crippen molar-refractivity contribution in [2.24, 2.45) is 0 Å². The molecule has 2 saturated heterocycles. The molecule has 0 radical (unpaired) electrons. The summed E-state index contributed by atoms with van der Waals surface area (Å²) in [7, 11) is -3.08. The predicted molar refractivity (Wildman–Crippen MR) is 80.1 cm³/mol. The van der Waals surface area contributed by atoms with Crippen molar-refractivity contribution in [2.45, 2.75) is 42.6 Å². The SMILES string of the molecule is O=S(=O)(C1CC1)N1CC2(C[C@H](Oc3cccnc3)CCO2)C1. The fourth-order valence-corrected chi connectivity index (χ4v) is 5.25. The van der Waals surface area contributed by atoms with Crippen LogP contribution in [0.15, 0.2) is 24.5 Å². The first-order chi connectivity index (χ1) is 10.6. The van der Waals surface area contributed by atoms with Crippen LogP contribution >= 0.6 is 0 Å². The van der Waals surface area contributed by atoms with Crippen molar-refractivity contribution >= 4 is 10.0 Å². The summed E-state index contributed by atoms with van der Waals surface area (Å²) in [5.41, 5.74) is -0.354.